The Morgan fingerprint density at radius 3 is 0.707 bits per heavy atom. The van der Waals surface area contributed by atoms with E-state index in [0.717, 1.165) is 57.8 Å². The Labute approximate surface area is 465 Å². The molecule has 0 aromatic heterocycles. The van der Waals surface area contributed by atoms with Crippen molar-refractivity contribution in [3.63, 3.8) is 0 Å². The molecule has 0 aliphatic heterocycles. The van der Waals surface area contributed by atoms with E-state index in [-0.39, 0.29) is 31.1 Å². The summed E-state index contributed by atoms with van der Waals surface area (Å²) >= 11 is 0. The average Bonchev–Trinajstić information content (AvgIpc) is 3.41. The number of esters is 3. The minimum absolute atomic E-state index is 0.0779. The van der Waals surface area contributed by atoms with Crippen molar-refractivity contribution in [2.75, 3.05) is 13.2 Å². The van der Waals surface area contributed by atoms with Gasteiger partial charge in [0.15, 0.2) is 6.10 Å². The van der Waals surface area contributed by atoms with E-state index in [4.69, 9.17) is 14.2 Å². The van der Waals surface area contributed by atoms with Crippen molar-refractivity contribution in [2.45, 2.75) is 335 Å². The second-order valence-electron chi connectivity index (χ2n) is 21.8. The van der Waals surface area contributed by atoms with Gasteiger partial charge in [-0.1, -0.05) is 286 Å². The molecule has 434 valence electrons. The van der Waals surface area contributed by atoms with Gasteiger partial charge in [0.1, 0.15) is 13.2 Å². The largest absolute Gasteiger partial charge is 0.462 e. The average molecular weight is 1050 g/mol. The summed E-state index contributed by atoms with van der Waals surface area (Å²) in [6.07, 6.45) is 81.8. The Morgan fingerprint density at radius 2 is 0.467 bits per heavy atom. The molecule has 0 fully saturated rings. The van der Waals surface area contributed by atoms with E-state index >= 15 is 0 Å². The van der Waals surface area contributed by atoms with Gasteiger partial charge in [0.2, 0.25) is 0 Å². The lowest BCUT2D eigenvalue weighted by molar-refractivity contribution is -0.167. The van der Waals surface area contributed by atoms with Crippen LogP contribution in [0.1, 0.15) is 329 Å². The van der Waals surface area contributed by atoms with Crippen molar-refractivity contribution in [3.8, 4) is 0 Å². The maximum atomic E-state index is 12.9. The normalized spacial score (nSPS) is 12.2. The van der Waals surface area contributed by atoms with Crippen molar-refractivity contribution in [1.82, 2.24) is 0 Å². The quantitative estimate of drug-likeness (QED) is 0.0261. The number of carbonyl (C=O) groups excluding carboxylic acids is 3. The smallest absolute Gasteiger partial charge is 0.306 e. The molecular formula is C69H122O6. The third-order valence-corrected chi connectivity index (χ3v) is 14.2. The van der Waals surface area contributed by atoms with Crippen LogP contribution in [0.2, 0.25) is 0 Å². The van der Waals surface area contributed by atoms with E-state index in [1.54, 1.807) is 0 Å². The van der Waals surface area contributed by atoms with Gasteiger partial charge in [-0.2, -0.15) is 0 Å². The summed E-state index contributed by atoms with van der Waals surface area (Å²) in [7, 11) is 0. The SMILES string of the molecule is CCCCC/C=C\C=C/CCCCCCCCCCCCC(=O)OCC(COC(=O)CCCCCCCCCCCC/C=C\C=C/CCCCC)OC(=O)CCCCCCCCCCCC/C=C\C=C/CCCCC. The number of ether oxygens (including phenoxy) is 3. The molecule has 6 nitrogen and oxygen atoms in total. The highest BCUT2D eigenvalue weighted by Crippen LogP contribution is 2.17. The fraction of sp³-hybridized carbons (Fsp3) is 0.783. The number of unbranched alkanes of at least 4 members (excludes halogenated alkanes) is 39. The minimum atomic E-state index is -0.781. The molecule has 0 rings (SSSR count). The molecule has 0 saturated carbocycles. The zero-order valence-corrected chi connectivity index (χ0v) is 49.8. The van der Waals surface area contributed by atoms with Crippen LogP contribution in [-0.2, 0) is 28.6 Å². The molecule has 0 aromatic rings. The van der Waals surface area contributed by atoms with Crippen molar-refractivity contribution in [1.29, 1.82) is 0 Å². The van der Waals surface area contributed by atoms with E-state index in [2.05, 4.69) is 93.7 Å². The Morgan fingerprint density at radius 1 is 0.267 bits per heavy atom. The first-order valence-corrected chi connectivity index (χ1v) is 32.5. The van der Waals surface area contributed by atoms with Crippen molar-refractivity contribution < 1.29 is 28.6 Å². The van der Waals surface area contributed by atoms with Crippen molar-refractivity contribution in [2.24, 2.45) is 0 Å². The van der Waals surface area contributed by atoms with E-state index in [1.165, 1.54) is 231 Å². The zero-order valence-electron chi connectivity index (χ0n) is 49.8. The number of hydrogen-bond donors (Lipinski definition) is 0. The summed E-state index contributed by atoms with van der Waals surface area (Å²) in [6, 6.07) is 0. The van der Waals surface area contributed by atoms with Crippen LogP contribution in [0.25, 0.3) is 0 Å². The standard InChI is InChI=1S/C69H122O6/c1-4-7-10-13-16-19-22-25-28-31-34-37-40-43-46-49-52-55-58-61-67(70)73-64-66(75-69(72)63-60-57-54-51-48-45-42-39-36-33-30-27-24-21-18-15-12-9-6-3)65-74-68(71)62-59-56-53-50-47-44-41-38-35-32-29-26-23-20-17-14-11-8-5-2/h16-27,66H,4-15,28-65H2,1-3H3/b19-16-,20-17-,21-18-,25-22-,26-23-,27-24-. The monoisotopic (exact) mass is 1050 g/mol. The fourth-order valence-electron chi connectivity index (χ4n) is 9.30. The van der Waals surface area contributed by atoms with Gasteiger partial charge in [-0.3, -0.25) is 14.4 Å². The van der Waals surface area contributed by atoms with Gasteiger partial charge in [-0.15, -0.1) is 0 Å². The van der Waals surface area contributed by atoms with Gasteiger partial charge in [0.25, 0.3) is 0 Å². The van der Waals surface area contributed by atoms with Crippen LogP contribution in [0, 0.1) is 0 Å². The molecular weight excluding hydrogens is 925 g/mol. The Hall–Kier alpha value is -3.15. The van der Waals surface area contributed by atoms with Crippen molar-refractivity contribution >= 4 is 17.9 Å². The lowest BCUT2D eigenvalue weighted by Gasteiger charge is -2.18. The predicted molar refractivity (Wildman–Crippen MR) is 325 cm³/mol. The second kappa shape index (κ2) is 63.4. The molecule has 0 unspecified atom stereocenters. The molecule has 0 radical (unpaired) electrons. The molecule has 0 aliphatic rings. The molecule has 0 heterocycles. The first kappa shape index (κ1) is 71.8. The Balaban J connectivity index is 4.38. The maximum Gasteiger partial charge on any atom is 0.306 e. The van der Waals surface area contributed by atoms with Crippen LogP contribution < -0.4 is 0 Å². The van der Waals surface area contributed by atoms with Crippen LogP contribution in [0.15, 0.2) is 72.9 Å². The van der Waals surface area contributed by atoms with Gasteiger partial charge < -0.3 is 14.2 Å². The van der Waals surface area contributed by atoms with Crippen LogP contribution in [0.5, 0.6) is 0 Å². The van der Waals surface area contributed by atoms with Crippen LogP contribution >= 0.6 is 0 Å². The highest BCUT2D eigenvalue weighted by Gasteiger charge is 2.19. The van der Waals surface area contributed by atoms with Crippen molar-refractivity contribution in [3.05, 3.63) is 72.9 Å². The highest BCUT2D eigenvalue weighted by molar-refractivity contribution is 5.71. The molecule has 6 heteroatoms. The fourth-order valence-corrected chi connectivity index (χ4v) is 9.30. The van der Waals surface area contributed by atoms with E-state index < -0.39 is 6.10 Å². The molecule has 0 saturated heterocycles. The molecule has 0 spiro atoms. The summed E-state index contributed by atoms with van der Waals surface area (Å²) in [6.45, 7) is 6.59. The summed E-state index contributed by atoms with van der Waals surface area (Å²) < 4.78 is 17.0. The minimum Gasteiger partial charge on any atom is -0.462 e. The lowest BCUT2D eigenvalue weighted by Crippen LogP contribution is -2.30. The number of carbonyl (C=O) groups is 3. The molecule has 0 aromatic carbocycles. The molecule has 0 aliphatic carbocycles. The summed E-state index contributed by atoms with van der Waals surface area (Å²) in [5.41, 5.74) is 0. The van der Waals surface area contributed by atoms with Crippen LogP contribution in [0.4, 0.5) is 0 Å². The van der Waals surface area contributed by atoms with E-state index in [0.29, 0.717) is 19.3 Å². The summed E-state index contributed by atoms with van der Waals surface area (Å²) in [5.74, 6) is -0.872. The van der Waals surface area contributed by atoms with Crippen LogP contribution in [0.3, 0.4) is 0 Å². The number of hydrogen-bond acceptors (Lipinski definition) is 6. The van der Waals surface area contributed by atoms with Crippen LogP contribution in [-0.4, -0.2) is 37.2 Å². The predicted octanol–water partition coefficient (Wildman–Crippen LogP) is 22.1. The number of allylic oxidation sites excluding steroid dienone is 12. The summed E-state index contributed by atoms with van der Waals surface area (Å²) in [5, 5.41) is 0. The zero-order chi connectivity index (χ0) is 54.3. The molecule has 0 atom stereocenters. The molecule has 75 heavy (non-hydrogen) atoms. The highest BCUT2D eigenvalue weighted by atomic mass is 16.6. The summed E-state index contributed by atoms with van der Waals surface area (Å²) in [4.78, 5) is 38.4. The molecule has 0 bridgehead atoms. The van der Waals surface area contributed by atoms with Gasteiger partial charge in [-0.25, -0.2) is 0 Å². The molecule has 0 amide bonds. The van der Waals surface area contributed by atoms with Gasteiger partial charge in [-0.05, 0) is 96.3 Å². The Bertz CT molecular complexity index is 1320. The third-order valence-electron chi connectivity index (χ3n) is 14.2. The topological polar surface area (TPSA) is 78.9 Å². The van der Waals surface area contributed by atoms with E-state index in [1.807, 2.05) is 0 Å². The lowest BCUT2D eigenvalue weighted by atomic mass is 10.0. The number of rotatable bonds is 59. The van der Waals surface area contributed by atoms with Gasteiger partial charge in [0.05, 0.1) is 0 Å². The van der Waals surface area contributed by atoms with E-state index in [9.17, 15) is 14.4 Å². The van der Waals surface area contributed by atoms with Gasteiger partial charge in [0, 0.05) is 19.3 Å². The maximum absolute atomic E-state index is 12.9. The van der Waals surface area contributed by atoms with Gasteiger partial charge >= 0.3 is 17.9 Å². The Kier molecular flexibility index (Phi) is 60.7. The molecule has 0 N–H and O–H groups in total. The second-order valence-corrected chi connectivity index (χ2v) is 21.8. The first-order valence-electron chi connectivity index (χ1n) is 32.5. The third kappa shape index (κ3) is 61.6. The first-order chi connectivity index (χ1) is 37.0.